The van der Waals surface area contributed by atoms with Gasteiger partial charge in [-0.1, -0.05) is 6.07 Å². The summed E-state index contributed by atoms with van der Waals surface area (Å²) in [6.45, 7) is 0. The number of anilines is 1. The van der Waals surface area contributed by atoms with Gasteiger partial charge in [-0.05, 0) is 22.0 Å². The number of nitrogens with zero attached hydrogens (tertiary/aromatic N) is 3. The molecule has 0 fully saturated rings. The predicted octanol–water partition coefficient (Wildman–Crippen LogP) is 2.98. The lowest BCUT2D eigenvalue weighted by molar-refractivity contribution is -0.384. The Hall–Kier alpha value is -2.22. The number of hydrogen-bond donors (Lipinski definition) is 1. The topological polar surface area (TPSA) is 90.2 Å². The van der Waals surface area contributed by atoms with Crippen LogP contribution in [0.2, 0.25) is 0 Å². The third kappa shape index (κ3) is 2.97. The Morgan fingerprint density at radius 3 is 2.89 bits per heavy atom. The number of benzene rings is 1. The molecule has 98 valence electrons. The van der Waals surface area contributed by atoms with E-state index in [0.29, 0.717) is 16.0 Å². The highest BCUT2D eigenvalue weighted by atomic mass is 79.9. The zero-order valence-corrected chi connectivity index (χ0v) is 11.4. The molecule has 1 heterocycles. The average molecular weight is 325 g/mol. The Kier molecular flexibility index (Phi) is 3.91. The molecule has 0 unspecified atom stereocenters. The van der Waals surface area contributed by atoms with Gasteiger partial charge >= 0.3 is 0 Å². The van der Waals surface area contributed by atoms with Gasteiger partial charge in [0, 0.05) is 13.1 Å². The van der Waals surface area contributed by atoms with Crippen molar-refractivity contribution in [3.63, 3.8) is 0 Å². The summed E-state index contributed by atoms with van der Waals surface area (Å²) in [5.41, 5.74) is -0.0449. The van der Waals surface area contributed by atoms with Crippen molar-refractivity contribution >= 4 is 27.4 Å². The number of halogens is 1. The second-order valence-corrected chi connectivity index (χ2v) is 4.24. The van der Waals surface area contributed by atoms with E-state index >= 15 is 0 Å². The molecule has 0 saturated heterocycles. The molecule has 0 radical (unpaired) electrons. The molecule has 0 saturated carbocycles. The molecule has 1 aromatic heterocycles. The average Bonchev–Trinajstić information content (AvgIpc) is 2.41. The number of nitrogens with one attached hydrogen (secondary N) is 1. The quantitative estimate of drug-likeness (QED) is 0.686. The Morgan fingerprint density at radius 2 is 2.21 bits per heavy atom. The maximum absolute atomic E-state index is 10.7. The lowest BCUT2D eigenvalue weighted by atomic mass is 10.3. The van der Waals surface area contributed by atoms with Crippen LogP contribution in [0.15, 0.2) is 35.1 Å². The minimum Gasteiger partial charge on any atom is -0.437 e. The van der Waals surface area contributed by atoms with E-state index < -0.39 is 4.92 Å². The van der Waals surface area contributed by atoms with Crippen LogP contribution < -0.4 is 10.1 Å². The van der Waals surface area contributed by atoms with E-state index in [1.54, 1.807) is 19.2 Å². The SMILES string of the molecule is CNc1ncnc(Oc2cccc([N+](=O)[O-])c2)c1Br. The van der Waals surface area contributed by atoms with Gasteiger partial charge < -0.3 is 10.1 Å². The van der Waals surface area contributed by atoms with Crippen LogP contribution in [0, 0.1) is 10.1 Å². The molecule has 8 heteroatoms. The largest absolute Gasteiger partial charge is 0.437 e. The monoisotopic (exact) mass is 324 g/mol. The third-order valence-electron chi connectivity index (χ3n) is 2.24. The zero-order valence-electron chi connectivity index (χ0n) is 9.83. The molecule has 19 heavy (non-hydrogen) atoms. The molecule has 0 spiro atoms. The molecule has 7 nitrogen and oxygen atoms in total. The molecule has 0 amide bonds. The normalized spacial score (nSPS) is 10.0. The highest BCUT2D eigenvalue weighted by molar-refractivity contribution is 9.10. The van der Waals surface area contributed by atoms with E-state index in [9.17, 15) is 10.1 Å². The van der Waals surface area contributed by atoms with Crippen LogP contribution in [0.5, 0.6) is 11.6 Å². The molecule has 0 aliphatic carbocycles. The summed E-state index contributed by atoms with van der Waals surface area (Å²) >= 11 is 3.30. The van der Waals surface area contributed by atoms with Crippen molar-refractivity contribution < 1.29 is 9.66 Å². The molecule has 2 aromatic rings. The van der Waals surface area contributed by atoms with E-state index in [2.05, 4.69) is 31.2 Å². The lowest BCUT2D eigenvalue weighted by Gasteiger charge is -2.08. The smallest absolute Gasteiger partial charge is 0.273 e. The van der Waals surface area contributed by atoms with Gasteiger partial charge in [-0.3, -0.25) is 10.1 Å². The Morgan fingerprint density at radius 1 is 1.42 bits per heavy atom. The van der Waals surface area contributed by atoms with Gasteiger partial charge in [0.15, 0.2) is 0 Å². The molecule has 0 aliphatic heterocycles. The van der Waals surface area contributed by atoms with E-state index in [4.69, 9.17) is 4.74 Å². The van der Waals surface area contributed by atoms with Crippen molar-refractivity contribution in [3.8, 4) is 11.6 Å². The molecule has 1 aromatic carbocycles. The maximum atomic E-state index is 10.7. The van der Waals surface area contributed by atoms with Gasteiger partial charge in [-0.25, -0.2) is 9.97 Å². The van der Waals surface area contributed by atoms with Crippen LogP contribution in [0.25, 0.3) is 0 Å². The summed E-state index contributed by atoms with van der Waals surface area (Å²) in [7, 11) is 1.71. The van der Waals surface area contributed by atoms with Crippen molar-refractivity contribution in [1.82, 2.24) is 9.97 Å². The summed E-state index contributed by atoms with van der Waals surface area (Å²) in [6, 6.07) is 5.87. The van der Waals surface area contributed by atoms with E-state index in [1.165, 1.54) is 18.5 Å². The van der Waals surface area contributed by atoms with Gasteiger partial charge in [0.25, 0.3) is 5.69 Å². The number of nitro groups is 1. The number of aromatic nitrogens is 2. The molecule has 0 atom stereocenters. The maximum Gasteiger partial charge on any atom is 0.273 e. The molecule has 0 bridgehead atoms. The van der Waals surface area contributed by atoms with Crippen molar-refractivity contribution in [1.29, 1.82) is 0 Å². The van der Waals surface area contributed by atoms with Crippen LogP contribution in [0.1, 0.15) is 0 Å². The number of ether oxygens (including phenoxy) is 1. The summed E-state index contributed by atoms with van der Waals surface area (Å²) in [5, 5.41) is 13.5. The van der Waals surface area contributed by atoms with Gasteiger partial charge in [-0.15, -0.1) is 0 Å². The first kappa shape index (κ1) is 13.2. The third-order valence-corrected chi connectivity index (χ3v) is 2.95. The highest BCUT2D eigenvalue weighted by Crippen LogP contribution is 2.32. The first-order valence-electron chi connectivity index (χ1n) is 5.22. The molecule has 0 aliphatic rings. The fourth-order valence-corrected chi connectivity index (χ4v) is 1.86. The molecular weight excluding hydrogens is 316 g/mol. The standard InChI is InChI=1S/C11H9BrN4O3/c1-13-10-9(12)11(15-6-14-10)19-8-4-2-3-7(5-8)16(17)18/h2-6H,1H3,(H,13,14,15). The first-order valence-corrected chi connectivity index (χ1v) is 6.01. The van der Waals surface area contributed by atoms with Crippen molar-refractivity contribution in [2.75, 3.05) is 12.4 Å². The zero-order chi connectivity index (χ0) is 13.8. The minimum absolute atomic E-state index is 0.0449. The van der Waals surface area contributed by atoms with Gasteiger partial charge in [0.05, 0.1) is 11.0 Å². The second kappa shape index (κ2) is 5.61. The number of non-ortho nitro benzene ring substituents is 1. The van der Waals surface area contributed by atoms with Crippen LogP contribution in [-0.4, -0.2) is 21.9 Å². The second-order valence-electron chi connectivity index (χ2n) is 3.45. The van der Waals surface area contributed by atoms with Crippen molar-refractivity contribution in [2.24, 2.45) is 0 Å². The summed E-state index contributed by atoms with van der Waals surface area (Å²) in [6.07, 6.45) is 1.34. The van der Waals surface area contributed by atoms with E-state index in [-0.39, 0.29) is 11.6 Å². The van der Waals surface area contributed by atoms with E-state index in [0.717, 1.165) is 0 Å². The highest BCUT2D eigenvalue weighted by Gasteiger charge is 2.12. The fraction of sp³-hybridized carbons (Fsp3) is 0.0909. The van der Waals surface area contributed by atoms with Crippen LogP contribution >= 0.6 is 15.9 Å². The lowest BCUT2D eigenvalue weighted by Crippen LogP contribution is -1.98. The van der Waals surface area contributed by atoms with Gasteiger partial charge in [0.2, 0.25) is 5.88 Å². The Bertz CT molecular complexity index is 621. The fourth-order valence-electron chi connectivity index (χ4n) is 1.37. The first-order chi connectivity index (χ1) is 9.11. The predicted molar refractivity (Wildman–Crippen MR) is 72.4 cm³/mol. The Labute approximate surface area is 116 Å². The minimum atomic E-state index is -0.485. The summed E-state index contributed by atoms with van der Waals surface area (Å²) in [4.78, 5) is 18.1. The summed E-state index contributed by atoms with van der Waals surface area (Å²) < 4.78 is 6.05. The number of rotatable bonds is 4. The van der Waals surface area contributed by atoms with Crippen LogP contribution in [0.3, 0.4) is 0 Å². The van der Waals surface area contributed by atoms with Crippen molar-refractivity contribution in [3.05, 3.63) is 45.2 Å². The number of hydrogen-bond acceptors (Lipinski definition) is 6. The van der Waals surface area contributed by atoms with Crippen molar-refractivity contribution in [2.45, 2.75) is 0 Å². The molecular formula is C11H9BrN4O3. The summed E-state index contributed by atoms with van der Waals surface area (Å²) in [5.74, 6) is 1.17. The van der Waals surface area contributed by atoms with Gasteiger partial charge in [-0.2, -0.15) is 0 Å². The van der Waals surface area contributed by atoms with Crippen LogP contribution in [-0.2, 0) is 0 Å². The molecule has 2 rings (SSSR count). The Balaban J connectivity index is 2.31. The van der Waals surface area contributed by atoms with Crippen LogP contribution in [0.4, 0.5) is 11.5 Å². The molecule has 1 N–H and O–H groups in total. The van der Waals surface area contributed by atoms with E-state index in [1.807, 2.05) is 0 Å². The number of nitro benzene ring substituents is 1. The van der Waals surface area contributed by atoms with Gasteiger partial charge in [0.1, 0.15) is 22.4 Å².